The van der Waals surface area contributed by atoms with Crippen molar-refractivity contribution in [1.82, 2.24) is 4.90 Å². The summed E-state index contributed by atoms with van der Waals surface area (Å²) in [7, 11) is 0. The van der Waals surface area contributed by atoms with E-state index in [0.29, 0.717) is 0 Å². The zero-order valence-electron chi connectivity index (χ0n) is 12.6. The van der Waals surface area contributed by atoms with Crippen LogP contribution in [0.4, 0.5) is 8.78 Å². The molecule has 24 heavy (non-hydrogen) atoms. The second-order valence-corrected chi connectivity index (χ2v) is 5.95. The van der Waals surface area contributed by atoms with Crippen LogP contribution >= 0.6 is 0 Å². The topological polar surface area (TPSA) is 99.5 Å². The number of carbonyl (C=O) groups is 1. The average molecular weight is 345 g/mol. The van der Waals surface area contributed by atoms with Gasteiger partial charge in [0, 0.05) is 19.6 Å². The molecule has 0 saturated carbocycles. The molecule has 0 bridgehead atoms. The van der Waals surface area contributed by atoms with Gasteiger partial charge in [0.15, 0.2) is 11.6 Å². The Hall–Kier alpha value is -1.97. The molecule has 132 valence electrons. The predicted octanol–water partition coefficient (Wildman–Crippen LogP) is -0.0147. The number of hydrogen-bond acceptors (Lipinski definition) is 6. The Balaban J connectivity index is 1.64. The lowest BCUT2D eigenvalue weighted by Crippen LogP contribution is -2.39. The Morgan fingerprint density at radius 2 is 1.62 bits per heavy atom. The molecule has 9 heteroatoms. The Kier molecular flexibility index (Phi) is 4.57. The van der Waals surface area contributed by atoms with Gasteiger partial charge >= 0.3 is 5.97 Å². The highest BCUT2D eigenvalue weighted by atomic mass is 19.1. The van der Waals surface area contributed by atoms with Gasteiger partial charge in [0.25, 0.3) is 0 Å². The highest BCUT2D eigenvalue weighted by Crippen LogP contribution is 2.40. The Morgan fingerprint density at radius 3 is 2.08 bits per heavy atom. The second kappa shape index (κ2) is 6.50. The molecule has 3 N–H and O–H groups in total. The Bertz CT molecular complexity index is 604. The minimum Gasteiger partial charge on any atom is -0.481 e. The molecule has 7 nitrogen and oxygen atoms in total. The average Bonchev–Trinajstić information content (AvgIpc) is 2.90. The largest absolute Gasteiger partial charge is 0.481 e. The molecule has 2 aliphatic rings. The summed E-state index contributed by atoms with van der Waals surface area (Å²) in [6.07, 6.45) is -4.33. The van der Waals surface area contributed by atoms with E-state index in [-0.39, 0.29) is 31.1 Å². The van der Waals surface area contributed by atoms with Crippen LogP contribution in [0.3, 0.4) is 0 Å². The highest BCUT2D eigenvalue weighted by Gasteiger charge is 2.42. The number of rotatable bonds is 5. The van der Waals surface area contributed by atoms with Crippen molar-refractivity contribution < 1.29 is 38.4 Å². The Morgan fingerprint density at radius 1 is 1.12 bits per heavy atom. The van der Waals surface area contributed by atoms with Crippen molar-refractivity contribution in [2.75, 3.05) is 19.6 Å². The van der Waals surface area contributed by atoms with Crippen molar-refractivity contribution in [2.45, 2.75) is 30.8 Å². The summed E-state index contributed by atoms with van der Waals surface area (Å²) in [6.45, 7) is 0.545. The van der Waals surface area contributed by atoms with Crippen LogP contribution in [0.1, 0.15) is 6.42 Å². The zero-order chi connectivity index (χ0) is 17.4. The van der Waals surface area contributed by atoms with E-state index in [4.69, 9.17) is 14.6 Å². The minimum atomic E-state index is -1.40. The molecule has 1 aromatic rings. The van der Waals surface area contributed by atoms with Crippen molar-refractivity contribution in [3.8, 4) is 11.5 Å². The molecule has 0 aromatic heterocycles. The molecule has 1 aromatic carbocycles. The molecule has 0 radical (unpaired) electrons. The van der Waals surface area contributed by atoms with Gasteiger partial charge in [0.2, 0.25) is 11.5 Å². The number of aliphatic carboxylic acids is 1. The maximum atomic E-state index is 13.7. The number of ether oxygens (including phenoxy) is 2. The number of carboxylic acids is 1. The van der Waals surface area contributed by atoms with Gasteiger partial charge < -0.3 is 24.8 Å². The summed E-state index contributed by atoms with van der Waals surface area (Å²) in [5, 5.41) is 28.1. The van der Waals surface area contributed by atoms with E-state index >= 15 is 0 Å². The molecular formula is C15H17F2NO6. The molecule has 2 heterocycles. The maximum Gasteiger partial charge on any atom is 0.306 e. The highest BCUT2D eigenvalue weighted by molar-refractivity contribution is 5.67. The molecule has 0 amide bonds. The van der Waals surface area contributed by atoms with Crippen LogP contribution < -0.4 is 9.47 Å². The quantitative estimate of drug-likeness (QED) is 0.690. The van der Waals surface area contributed by atoms with Crippen LogP contribution in [0.25, 0.3) is 0 Å². The summed E-state index contributed by atoms with van der Waals surface area (Å²) in [5.74, 6) is -3.21. The molecule has 2 aliphatic heterocycles. The number of benzene rings is 1. The zero-order valence-corrected chi connectivity index (χ0v) is 12.6. The number of likely N-dealkylation sites (tertiary alicyclic amines) is 1. The lowest BCUT2D eigenvalue weighted by molar-refractivity contribution is -0.141. The van der Waals surface area contributed by atoms with E-state index in [1.807, 2.05) is 0 Å². The summed E-state index contributed by atoms with van der Waals surface area (Å²) in [6, 6.07) is 1.91. The van der Waals surface area contributed by atoms with Crippen LogP contribution in [0.5, 0.6) is 11.5 Å². The third-order valence-corrected chi connectivity index (χ3v) is 4.12. The van der Waals surface area contributed by atoms with Gasteiger partial charge in [-0.25, -0.2) is 8.78 Å². The maximum absolute atomic E-state index is 13.7. The van der Waals surface area contributed by atoms with Gasteiger partial charge in [0.05, 0.1) is 18.6 Å². The fourth-order valence-electron chi connectivity index (χ4n) is 2.93. The van der Waals surface area contributed by atoms with Gasteiger partial charge in [-0.05, 0) is 12.1 Å². The molecule has 1 unspecified atom stereocenters. The minimum absolute atomic E-state index is 0.00449. The monoisotopic (exact) mass is 345 g/mol. The first-order valence-electron chi connectivity index (χ1n) is 7.46. The van der Waals surface area contributed by atoms with Crippen LogP contribution in [-0.2, 0) is 4.79 Å². The SMILES string of the molecule is O=C(O)C[C@H](O)C(O)CN1C[C@@H]2Oc3c(F)ccc(F)c3O[C@@H]2C1. The number of fused-ring (bicyclic) bond motifs is 2. The number of aliphatic hydroxyl groups excluding tert-OH is 2. The number of carboxylic acid groups (broad SMARTS) is 1. The van der Waals surface area contributed by atoms with E-state index < -0.39 is 48.4 Å². The molecule has 0 aliphatic carbocycles. The van der Waals surface area contributed by atoms with Gasteiger partial charge in [-0.1, -0.05) is 0 Å². The van der Waals surface area contributed by atoms with Gasteiger partial charge in [-0.3, -0.25) is 9.69 Å². The van der Waals surface area contributed by atoms with Gasteiger partial charge in [-0.2, -0.15) is 0 Å². The van der Waals surface area contributed by atoms with E-state index in [0.717, 1.165) is 12.1 Å². The van der Waals surface area contributed by atoms with E-state index in [2.05, 4.69) is 0 Å². The fraction of sp³-hybridized carbons (Fsp3) is 0.533. The lowest BCUT2D eigenvalue weighted by atomic mass is 10.1. The van der Waals surface area contributed by atoms with Crippen molar-refractivity contribution >= 4 is 5.97 Å². The summed E-state index contributed by atoms with van der Waals surface area (Å²) in [4.78, 5) is 12.2. The fourth-order valence-corrected chi connectivity index (χ4v) is 2.93. The van der Waals surface area contributed by atoms with Crippen molar-refractivity contribution in [1.29, 1.82) is 0 Å². The number of hydrogen-bond donors (Lipinski definition) is 3. The predicted molar refractivity (Wildman–Crippen MR) is 75.9 cm³/mol. The standard InChI is InChI=1S/C15H17F2NO6/c16-7-1-2-8(17)15-14(7)23-11-5-18(6-12(11)24-15)4-10(20)9(19)3-13(21)22/h1-2,9-12,19-20H,3-6H2,(H,21,22)/t9-,10?,11-,12+/m0/s1. The number of β-amino-alcohol motifs (C(OH)–C–C–N with tert-alkyl or cyclic N) is 1. The molecule has 1 saturated heterocycles. The number of aliphatic hydroxyl groups is 2. The van der Waals surface area contributed by atoms with Crippen LogP contribution in [-0.4, -0.2) is 70.2 Å². The number of nitrogens with zero attached hydrogens (tertiary/aromatic N) is 1. The molecule has 4 atom stereocenters. The molecule has 0 spiro atoms. The Labute approximate surface area is 136 Å². The first kappa shape index (κ1) is 16.9. The third-order valence-electron chi connectivity index (χ3n) is 4.12. The molecule has 1 fully saturated rings. The molecule has 3 rings (SSSR count). The number of halogens is 2. The second-order valence-electron chi connectivity index (χ2n) is 5.95. The van der Waals surface area contributed by atoms with E-state index in [9.17, 15) is 23.8 Å². The van der Waals surface area contributed by atoms with Gasteiger partial charge in [0.1, 0.15) is 12.2 Å². The summed E-state index contributed by atoms with van der Waals surface area (Å²) in [5.41, 5.74) is 0. The third kappa shape index (κ3) is 3.28. The van der Waals surface area contributed by atoms with Gasteiger partial charge in [-0.15, -0.1) is 0 Å². The first-order chi connectivity index (χ1) is 11.3. The van der Waals surface area contributed by atoms with Crippen molar-refractivity contribution in [2.24, 2.45) is 0 Å². The van der Waals surface area contributed by atoms with Crippen molar-refractivity contribution in [3.05, 3.63) is 23.8 Å². The lowest BCUT2D eigenvalue weighted by Gasteiger charge is -2.28. The molecular weight excluding hydrogens is 328 g/mol. The van der Waals surface area contributed by atoms with E-state index in [1.165, 1.54) is 0 Å². The van der Waals surface area contributed by atoms with Crippen LogP contribution in [0.2, 0.25) is 0 Å². The summed E-state index contributed by atoms with van der Waals surface area (Å²) >= 11 is 0. The van der Waals surface area contributed by atoms with E-state index in [1.54, 1.807) is 4.90 Å². The van der Waals surface area contributed by atoms with Crippen LogP contribution in [0.15, 0.2) is 12.1 Å². The first-order valence-corrected chi connectivity index (χ1v) is 7.46. The van der Waals surface area contributed by atoms with Crippen molar-refractivity contribution in [3.63, 3.8) is 0 Å². The smallest absolute Gasteiger partial charge is 0.306 e. The normalized spacial score (nSPS) is 25.2. The summed E-state index contributed by atoms with van der Waals surface area (Å²) < 4.78 is 38.4. The van der Waals surface area contributed by atoms with Crippen LogP contribution in [0, 0.1) is 11.6 Å².